The summed E-state index contributed by atoms with van der Waals surface area (Å²) in [5.74, 6) is -0.113. The number of nitrogens with zero attached hydrogens (tertiary/aromatic N) is 1. The number of carbonyl (C=O) groups excluding carboxylic acids is 1. The van der Waals surface area contributed by atoms with E-state index in [-0.39, 0.29) is 17.7 Å². The van der Waals surface area contributed by atoms with Gasteiger partial charge in [0, 0.05) is 10.9 Å². The summed E-state index contributed by atoms with van der Waals surface area (Å²) in [4.78, 5) is 26.6. The molecule has 0 saturated heterocycles. The Morgan fingerprint density at radius 1 is 1.25 bits per heavy atom. The third-order valence-electron chi connectivity index (χ3n) is 4.69. The zero-order valence-electron chi connectivity index (χ0n) is 15.0. The van der Waals surface area contributed by atoms with E-state index in [1.807, 2.05) is 12.1 Å². The summed E-state index contributed by atoms with van der Waals surface area (Å²) in [6.45, 7) is -0.174. The van der Waals surface area contributed by atoms with Crippen LogP contribution in [0.1, 0.15) is 23.1 Å². The lowest BCUT2D eigenvalue weighted by Gasteiger charge is -2.09. The van der Waals surface area contributed by atoms with Crippen LogP contribution in [-0.4, -0.2) is 23.7 Å². The third kappa shape index (κ3) is 3.78. The number of aromatic amines is 1. The van der Waals surface area contributed by atoms with Gasteiger partial charge in [-0.15, -0.1) is 0 Å². The van der Waals surface area contributed by atoms with Gasteiger partial charge in [-0.25, -0.2) is 9.82 Å². The zero-order valence-corrected chi connectivity index (χ0v) is 15.0. The molecule has 0 fully saturated rings. The molecule has 6 nitrogen and oxygen atoms in total. The summed E-state index contributed by atoms with van der Waals surface area (Å²) in [6.07, 6.45) is 4.31. The molecule has 0 aliphatic heterocycles. The number of fused-ring (bicyclic) bond motifs is 2. The quantitative estimate of drug-likeness (QED) is 0.528. The van der Waals surface area contributed by atoms with Crippen molar-refractivity contribution in [3.8, 4) is 5.75 Å². The molecule has 28 heavy (non-hydrogen) atoms. The predicted molar refractivity (Wildman–Crippen MR) is 104 cm³/mol. The molecule has 1 amide bonds. The first-order chi connectivity index (χ1) is 13.6. The number of nitrogens with one attached hydrogen (secondary N) is 2. The molecule has 0 spiro atoms. The second kappa shape index (κ2) is 7.64. The number of aromatic nitrogens is 1. The minimum absolute atomic E-state index is 0.174. The Bertz CT molecular complexity index is 1140. The maximum Gasteiger partial charge on any atom is 0.277 e. The van der Waals surface area contributed by atoms with Crippen LogP contribution in [-0.2, 0) is 17.6 Å². The van der Waals surface area contributed by atoms with Crippen molar-refractivity contribution in [3.05, 3.63) is 75.3 Å². The average Bonchev–Trinajstić information content (AvgIpc) is 3.16. The van der Waals surface area contributed by atoms with Gasteiger partial charge in [0.05, 0.1) is 11.8 Å². The van der Waals surface area contributed by atoms with Gasteiger partial charge in [-0.05, 0) is 60.7 Å². The largest absolute Gasteiger partial charge is 0.483 e. The van der Waals surface area contributed by atoms with Gasteiger partial charge in [0.2, 0.25) is 0 Å². The highest BCUT2D eigenvalue weighted by Crippen LogP contribution is 2.30. The van der Waals surface area contributed by atoms with Gasteiger partial charge in [0.1, 0.15) is 11.6 Å². The lowest BCUT2D eigenvalue weighted by molar-refractivity contribution is -0.123. The molecule has 4 rings (SSSR count). The van der Waals surface area contributed by atoms with Crippen LogP contribution in [0.15, 0.2) is 52.4 Å². The Labute approximate surface area is 160 Å². The van der Waals surface area contributed by atoms with Crippen molar-refractivity contribution in [3.63, 3.8) is 0 Å². The number of hydrogen-bond acceptors (Lipinski definition) is 4. The number of carbonyl (C=O) groups is 1. The highest BCUT2D eigenvalue weighted by molar-refractivity contribution is 5.88. The maximum atomic E-state index is 13.3. The second-order valence-electron chi connectivity index (χ2n) is 6.61. The van der Waals surface area contributed by atoms with Gasteiger partial charge in [0.25, 0.3) is 11.5 Å². The number of amides is 1. The second-order valence-corrected chi connectivity index (χ2v) is 6.61. The summed E-state index contributed by atoms with van der Waals surface area (Å²) in [6, 6.07) is 11.4. The molecule has 1 aliphatic carbocycles. The van der Waals surface area contributed by atoms with Gasteiger partial charge in [0.15, 0.2) is 6.61 Å². The molecule has 0 atom stereocenters. The number of benzene rings is 2. The standard InChI is InChI=1S/C21H18FN3O3/c22-16-7-8-18-14(10-16)9-15(21(27)24-18)11-23-25-20(26)12-28-19-6-2-4-13-3-1-5-17(13)19/h2,4,6-11H,1,3,5,12H2,(H,24,27)(H,25,26)/b23-11+. The van der Waals surface area contributed by atoms with Gasteiger partial charge in [-0.3, -0.25) is 9.59 Å². The molecule has 0 unspecified atom stereocenters. The van der Waals surface area contributed by atoms with Crippen molar-refractivity contribution in [1.82, 2.24) is 10.4 Å². The van der Waals surface area contributed by atoms with Crippen LogP contribution in [0, 0.1) is 5.82 Å². The summed E-state index contributed by atoms with van der Waals surface area (Å²) in [5.41, 5.74) is 5.11. The molecular formula is C21H18FN3O3. The van der Waals surface area contributed by atoms with E-state index in [9.17, 15) is 14.0 Å². The topological polar surface area (TPSA) is 83.5 Å². The average molecular weight is 379 g/mol. The highest BCUT2D eigenvalue weighted by Gasteiger charge is 2.15. The molecule has 1 heterocycles. The van der Waals surface area contributed by atoms with Gasteiger partial charge >= 0.3 is 0 Å². The van der Waals surface area contributed by atoms with Crippen LogP contribution in [0.3, 0.4) is 0 Å². The van der Waals surface area contributed by atoms with Crippen LogP contribution in [0.4, 0.5) is 4.39 Å². The minimum Gasteiger partial charge on any atom is -0.483 e. The monoisotopic (exact) mass is 379 g/mol. The number of hydrazone groups is 1. The number of pyridine rings is 1. The van der Waals surface area contributed by atoms with E-state index in [1.54, 1.807) is 0 Å². The van der Waals surface area contributed by atoms with E-state index < -0.39 is 11.7 Å². The molecule has 7 heteroatoms. The normalized spacial score (nSPS) is 13.0. The van der Waals surface area contributed by atoms with Crippen LogP contribution in [0.2, 0.25) is 0 Å². The first-order valence-electron chi connectivity index (χ1n) is 8.98. The maximum absolute atomic E-state index is 13.3. The molecular weight excluding hydrogens is 361 g/mol. The molecule has 0 saturated carbocycles. The molecule has 1 aromatic heterocycles. The van der Waals surface area contributed by atoms with E-state index >= 15 is 0 Å². The number of ether oxygens (including phenoxy) is 1. The van der Waals surface area contributed by atoms with Crippen molar-refractivity contribution < 1.29 is 13.9 Å². The molecule has 0 radical (unpaired) electrons. The minimum atomic E-state index is -0.435. The van der Waals surface area contributed by atoms with Crippen LogP contribution in [0.25, 0.3) is 10.9 Å². The molecule has 2 aromatic carbocycles. The summed E-state index contributed by atoms with van der Waals surface area (Å²) < 4.78 is 19.0. The number of halogens is 1. The van der Waals surface area contributed by atoms with E-state index in [0.717, 1.165) is 30.6 Å². The van der Waals surface area contributed by atoms with E-state index in [2.05, 4.69) is 21.6 Å². The lowest BCUT2D eigenvalue weighted by Crippen LogP contribution is -2.25. The highest BCUT2D eigenvalue weighted by atomic mass is 19.1. The SMILES string of the molecule is O=C(COc1cccc2c1CCC2)N/N=C/c1cc2cc(F)ccc2[nH]c1=O. The van der Waals surface area contributed by atoms with Gasteiger partial charge < -0.3 is 9.72 Å². The number of H-pyrrole nitrogens is 1. The zero-order chi connectivity index (χ0) is 19.5. The van der Waals surface area contributed by atoms with E-state index in [4.69, 9.17) is 4.74 Å². The molecule has 1 aliphatic rings. The van der Waals surface area contributed by atoms with Gasteiger partial charge in [-0.1, -0.05) is 12.1 Å². The van der Waals surface area contributed by atoms with Crippen molar-refractivity contribution in [2.24, 2.45) is 5.10 Å². The summed E-state index contributed by atoms with van der Waals surface area (Å²) in [7, 11) is 0. The lowest BCUT2D eigenvalue weighted by atomic mass is 10.1. The van der Waals surface area contributed by atoms with Crippen molar-refractivity contribution in [1.29, 1.82) is 0 Å². The van der Waals surface area contributed by atoms with Crippen molar-refractivity contribution >= 4 is 23.0 Å². The van der Waals surface area contributed by atoms with Crippen LogP contribution < -0.4 is 15.7 Å². The number of rotatable bonds is 5. The fourth-order valence-corrected chi connectivity index (χ4v) is 3.36. The summed E-state index contributed by atoms with van der Waals surface area (Å²) >= 11 is 0. The third-order valence-corrected chi connectivity index (χ3v) is 4.69. The number of aryl methyl sites for hydroxylation is 1. The Kier molecular flexibility index (Phi) is 4.89. The van der Waals surface area contributed by atoms with E-state index in [1.165, 1.54) is 36.0 Å². The Morgan fingerprint density at radius 3 is 3.04 bits per heavy atom. The molecule has 0 bridgehead atoms. The Balaban J connectivity index is 1.39. The van der Waals surface area contributed by atoms with Crippen LogP contribution >= 0.6 is 0 Å². The van der Waals surface area contributed by atoms with Crippen molar-refractivity contribution in [2.45, 2.75) is 19.3 Å². The smallest absolute Gasteiger partial charge is 0.277 e. The first-order valence-corrected chi connectivity index (χ1v) is 8.98. The Morgan fingerprint density at radius 2 is 2.14 bits per heavy atom. The first kappa shape index (κ1) is 17.9. The molecule has 142 valence electrons. The fourth-order valence-electron chi connectivity index (χ4n) is 3.36. The number of hydrogen-bond donors (Lipinski definition) is 2. The molecule has 2 N–H and O–H groups in total. The van der Waals surface area contributed by atoms with Crippen LogP contribution in [0.5, 0.6) is 5.75 Å². The molecule has 3 aromatic rings. The predicted octanol–water partition coefficient (Wildman–Crippen LogP) is 2.69. The van der Waals surface area contributed by atoms with Crippen molar-refractivity contribution in [2.75, 3.05) is 6.61 Å². The Hall–Kier alpha value is -3.48. The van der Waals surface area contributed by atoms with Gasteiger partial charge in [-0.2, -0.15) is 5.10 Å². The summed E-state index contributed by atoms with van der Waals surface area (Å²) in [5, 5.41) is 4.33. The van der Waals surface area contributed by atoms with E-state index in [0.29, 0.717) is 10.9 Å². The fraction of sp³-hybridized carbons (Fsp3) is 0.190.